The topological polar surface area (TPSA) is 114 Å². The van der Waals surface area contributed by atoms with E-state index in [2.05, 4.69) is 15.5 Å². The van der Waals surface area contributed by atoms with Gasteiger partial charge in [-0.3, -0.25) is 4.79 Å². The predicted octanol–water partition coefficient (Wildman–Crippen LogP) is 2.15. The van der Waals surface area contributed by atoms with Gasteiger partial charge < -0.3 is 9.64 Å². The van der Waals surface area contributed by atoms with Crippen LogP contribution in [0.5, 0.6) is 0 Å². The number of amides is 1. The molecule has 146 valence electrons. The van der Waals surface area contributed by atoms with Crippen molar-refractivity contribution in [2.75, 3.05) is 11.4 Å². The number of tetrazole rings is 1. The molecule has 0 saturated heterocycles. The summed E-state index contributed by atoms with van der Waals surface area (Å²) in [5.74, 6) is -1.02. The number of benzene rings is 2. The van der Waals surface area contributed by atoms with E-state index in [-0.39, 0.29) is 13.0 Å². The lowest BCUT2D eigenvalue weighted by Gasteiger charge is -2.25. The van der Waals surface area contributed by atoms with Gasteiger partial charge >= 0.3 is 5.97 Å². The third kappa shape index (κ3) is 4.81. The van der Waals surface area contributed by atoms with Gasteiger partial charge in [0.2, 0.25) is 0 Å². The number of nitriles is 1. The van der Waals surface area contributed by atoms with E-state index in [1.54, 1.807) is 48.5 Å². The first-order chi connectivity index (χ1) is 14.1. The Hall–Kier alpha value is -4.06. The normalized spacial score (nSPS) is 11.3. The molecule has 0 spiro atoms. The van der Waals surface area contributed by atoms with Crippen molar-refractivity contribution >= 4 is 17.6 Å². The van der Waals surface area contributed by atoms with Gasteiger partial charge in [-0.1, -0.05) is 18.2 Å². The molecule has 3 aromatic rings. The molecule has 1 aromatic heterocycles. The molecule has 0 fully saturated rings. The summed E-state index contributed by atoms with van der Waals surface area (Å²) in [4.78, 5) is 26.7. The third-order valence-electron chi connectivity index (χ3n) is 4.13. The highest BCUT2D eigenvalue weighted by Gasteiger charge is 2.25. The fourth-order valence-corrected chi connectivity index (χ4v) is 2.66. The van der Waals surface area contributed by atoms with Crippen LogP contribution in [-0.2, 0) is 9.53 Å². The van der Waals surface area contributed by atoms with Crippen LogP contribution in [0, 0.1) is 11.3 Å². The van der Waals surface area contributed by atoms with Crippen molar-refractivity contribution in [2.24, 2.45) is 0 Å². The quantitative estimate of drug-likeness (QED) is 0.568. The minimum Gasteiger partial charge on any atom is -0.449 e. The molecule has 0 aliphatic heterocycles. The SMILES string of the molecule is C[C@H](OC(=O)c1ccc(-n2cnnn2)cc1)C(=O)N(CCC#N)c1ccccc1. The summed E-state index contributed by atoms with van der Waals surface area (Å²) >= 11 is 0. The monoisotopic (exact) mass is 390 g/mol. The van der Waals surface area contributed by atoms with Gasteiger partial charge in [0.15, 0.2) is 6.10 Å². The summed E-state index contributed by atoms with van der Waals surface area (Å²) in [6.45, 7) is 1.72. The largest absolute Gasteiger partial charge is 0.449 e. The first-order valence-electron chi connectivity index (χ1n) is 8.88. The van der Waals surface area contributed by atoms with Crippen LogP contribution in [0.1, 0.15) is 23.7 Å². The predicted molar refractivity (Wildman–Crippen MR) is 103 cm³/mol. The highest BCUT2D eigenvalue weighted by Crippen LogP contribution is 2.17. The average Bonchev–Trinajstić information content (AvgIpc) is 3.29. The molecule has 9 nitrogen and oxygen atoms in total. The van der Waals surface area contributed by atoms with Gasteiger partial charge in [-0.15, -0.1) is 5.10 Å². The van der Waals surface area contributed by atoms with Gasteiger partial charge in [0.05, 0.1) is 23.7 Å². The Kier molecular flexibility index (Phi) is 6.27. The van der Waals surface area contributed by atoms with E-state index in [4.69, 9.17) is 10.00 Å². The van der Waals surface area contributed by atoms with E-state index in [1.807, 2.05) is 12.1 Å². The van der Waals surface area contributed by atoms with Crippen LogP contribution >= 0.6 is 0 Å². The Labute approximate surface area is 167 Å². The highest BCUT2D eigenvalue weighted by atomic mass is 16.5. The smallest absolute Gasteiger partial charge is 0.338 e. The van der Waals surface area contributed by atoms with Gasteiger partial charge in [-0.25, -0.2) is 9.48 Å². The maximum absolute atomic E-state index is 12.8. The molecule has 0 saturated carbocycles. The molecule has 0 aliphatic rings. The van der Waals surface area contributed by atoms with Crippen molar-refractivity contribution in [3.63, 3.8) is 0 Å². The van der Waals surface area contributed by atoms with E-state index in [1.165, 1.54) is 22.8 Å². The van der Waals surface area contributed by atoms with Gasteiger partial charge in [0, 0.05) is 12.2 Å². The fraction of sp³-hybridized carbons (Fsp3) is 0.200. The zero-order valence-corrected chi connectivity index (χ0v) is 15.7. The Morgan fingerprint density at radius 2 is 1.90 bits per heavy atom. The first-order valence-corrected chi connectivity index (χ1v) is 8.88. The zero-order valence-electron chi connectivity index (χ0n) is 15.7. The van der Waals surface area contributed by atoms with Gasteiger partial charge in [-0.05, 0) is 53.7 Å². The summed E-state index contributed by atoms with van der Waals surface area (Å²) in [6.07, 6.45) is 0.591. The van der Waals surface area contributed by atoms with Crippen LogP contribution in [0.3, 0.4) is 0 Å². The minimum atomic E-state index is -1.01. The summed E-state index contributed by atoms with van der Waals surface area (Å²) in [6, 6.07) is 17.5. The molecule has 1 atom stereocenters. The van der Waals surface area contributed by atoms with Crippen molar-refractivity contribution in [1.82, 2.24) is 20.2 Å². The van der Waals surface area contributed by atoms with E-state index < -0.39 is 18.0 Å². The molecule has 0 aliphatic carbocycles. The zero-order chi connectivity index (χ0) is 20.6. The molecular formula is C20H18N6O3. The number of hydrogen-bond acceptors (Lipinski definition) is 7. The summed E-state index contributed by atoms with van der Waals surface area (Å²) in [5, 5.41) is 19.8. The van der Waals surface area contributed by atoms with Crippen molar-refractivity contribution in [2.45, 2.75) is 19.4 Å². The fourth-order valence-electron chi connectivity index (χ4n) is 2.66. The van der Waals surface area contributed by atoms with E-state index in [9.17, 15) is 9.59 Å². The second-order valence-corrected chi connectivity index (χ2v) is 6.08. The van der Waals surface area contributed by atoms with Crippen LogP contribution in [0.15, 0.2) is 60.9 Å². The number of anilines is 1. The summed E-state index contributed by atoms with van der Waals surface area (Å²) < 4.78 is 6.80. The summed E-state index contributed by atoms with van der Waals surface area (Å²) in [7, 11) is 0. The molecule has 0 N–H and O–H groups in total. The van der Waals surface area contributed by atoms with E-state index >= 15 is 0 Å². The van der Waals surface area contributed by atoms with Crippen molar-refractivity contribution in [3.05, 3.63) is 66.5 Å². The van der Waals surface area contributed by atoms with Crippen molar-refractivity contribution in [1.29, 1.82) is 5.26 Å². The Morgan fingerprint density at radius 3 is 2.52 bits per heavy atom. The van der Waals surface area contributed by atoms with Gasteiger partial charge in [0.25, 0.3) is 5.91 Å². The lowest BCUT2D eigenvalue weighted by Crippen LogP contribution is -2.40. The maximum Gasteiger partial charge on any atom is 0.338 e. The van der Waals surface area contributed by atoms with Gasteiger partial charge in [0.1, 0.15) is 6.33 Å². The van der Waals surface area contributed by atoms with Gasteiger partial charge in [-0.2, -0.15) is 5.26 Å². The Morgan fingerprint density at radius 1 is 1.17 bits per heavy atom. The molecule has 0 unspecified atom stereocenters. The van der Waals surface area contributed by atoms with Crippen LogP contribution in [0.25, 0.3) is 5.69 Å². The van der Waals surface area contributed by atoms with Crippen LogP contribution in [0.2, 0.25) is 0 Å². The Balaban J connectivity index is 1.68. The molecule has 0 radical (unpaired) electrons. The molecule has 0 bridgehead atoms. The van der Waals surface area contributed by atoms with Crippen LogP contribution < -0.4 is 4.90 Å². The standard InChI is InChI=1S/C20H18N6O3/c1-15(19(27)25(13-5-12-21)17-6-3-2-4-7-17)29-20(28)16-8-10-18(11-9-16)26-14-22-23-24-26/h2-4,6-11,14-15H,5,13H2,1H3/t15-/m0/s1. The number of carbonyl (C=O) groups excluding carboxylic acids is 2. The minimum absolute atomic E-state index is 0.167. The van der Waals surface area contributed by atoms with Crippen molar-refractivity contribution < 1.29 is 14.3 Å². The number of esters is 1. The number of aromatic nitrogens is 4. The number of ether oxygens (including phenoxy) is 1. The molecule has 9 heteroatoms. The molecular weight excluding hydrogens is 372 g/mol. The number of para-hydroxylation sites is 1. The number of rotatable bonds is 7. The summed E-state index contributed by atoms with van der Waals surface area (Å²) in [5.41, 5.74) is 1.62. The maximum atomic E-state index is 12.8. The molecule has 3 rings (SSSR count). The van der Waals surface area contributed by atoms with Crippen molar-refractivity contribution in [3.8, 4) is 11.8 Å². The molecule has 1 amide bonds. The lowest BCUT2D eigenvalue weighted by molar-refractivity contribution is -0.126. The number of nitrogens with zero attached hydrogens (tertiary/aromatic N) is 6. The van der Waals surface area contributed by atoms with E-state index in [0.717, 1.165) is 0 Å². The van der Waals surface area contributed by atoms with Crippen LogP contribution in [-0.4, -0.2) is 44.7 Å². The Bertz CT molecular complexity index is 997. The highest BCUT2D eigenvalue weighted by molar-refractivity contribution is 5.99. The number of hydrogen-bond donors (Lipinski definition) is 0. The molecule has 2 aromatic carbocycles. The molecule has 1 heterocycles. The second kappa shape index (κ2) is 9.23. The first kappa shape index (κ1) is 19.7. The third-order valence-corrected chi connectivity index (χ3v) is 4.13. The number of carbonyl (C=O) groups is 2. The second-order valence-electron chi connectivity index (χ2n) is 6.08. The van der Waals surface area contributed by atoms with Crippen LogP contribution in [0.4, 0.5) is 5.69 Å². The molecule has 29 heavy (non-hydrogen) atoms. The van der Waals surface area contributed by atoms with E-state index in [0.29, 0.717) is 16.9 Å². The average molecular weight is 390 g/mol. The lowest BCUT2D eigenvalue weighted by atomic mass is 10.2.